The Balaban J connectivity index is 1.46. The number of benzene rings is 1. The molecule has 0 aliphatic rings. The van der Waals surface area contributed by atoms with Crippen LogP contribution >= 0.6 is 34.3 Å². The SMILES string of the molecule is CN(CCNC(=O)Cc1csc(-c2ccc(Cl)s2)n1)c1ccccc1. The maximum Gasteiger partial charge on any atom is 0.226 e. The third-order valence-electron chi connectivity index (χ3n) is 3.64. The number of hydrogen-bond donors (Lipinski definition) is 1. The van der Waals surface area contributed by atoms with Gasteiger partial charge in [0.15, 0.2) is 0 Å². The number of likely N-dealkylation sites (N-methyl/N-ethyl adjacent to an activating group) is 1. The molecule has 0 saturated carbocycles. The van der Waals surface area contributed by atoms with E-state index in [1.807, 2.05) is 42.8 Å². The van der Waals surface area contributed by atoms with E-state index in [0.29, 0.717) is 13.0 Å². The molecule has 0 unspecified atom stereocenters. The number of nitrogens with one attached hydrogen (secondary N) is 1. The van der Waals surface area contributed by atoms with Crippen molar-refractivity contribution in [3.05, 3.63) is 57.9 Å². The third kappa shape index (κ3) is 5.04. The van der Waals surface area contributed by atoms with Gasteiger partial charge in [0.05, 0.1) is 21.3 Å². The van der Waals surface area contributed by atoms with E-state index in [4.69, 9.17) is 11.6 Å². The highest BCUT2D eigenvalue weighted by Gasteiger charge is 2.10. The molecule has 1 N–H and O–H groups in total. The Bertz CT molecular complexity index is 832. The second-order valence-corrected chi connectivity index (χ2v) is 8.10. The predicted octanol–water partition coefficient (Wildman–Crippen LogP) is 4.32. The minimum atomic E-state index is -0.0116. The molecule has 0 fully saturated rings. The summed E-state index contributed by atoms with van der Waals surface area (Å²) in [5.41, 5.74) is 1.92. The Morgan fingerprint density at radius 2 is 2.04 bits per heavy atom. The van der Waals surface area contributed by atoms with Crippen LogP contribution in [-0.4, -0.2) is 31.0 Å². The van der Waals surface area contributed by atoms with Crippen LogP contribution in [0, 0.1) is 0 Å². The molecule has 0 bridgehead atoms. The van der Waals surface area contributed by atoms with Gasteiger partial charge in [0.25, 0.3) is 0 Å². The van der Waals surface area contributed by atoms with Crippen LogP contribution in [-0.2, 0) is 11.2 Å². The zero-order valence-corrected chi connectivity index (χ0v) is 16.1. The van der Waals surface area contributed by atoms with Gasteiger partial charge < -0.3 is 10.2 Å². The van der Waals surface area contributed by atoms with Gasteiger partial charge >= 0.3 is 0 Å². The van der Waals surface area contributed by atoms with Gasteiger partial charge in [0.2, 0.25) is 5.91 Å². The standard InChI is InChI=1S/C18H18ClN3OS2/c1-22(14-5-3-2-4-6-14)10-9-20-17(23)11-13-12-24-18(21-13)15-7-8-16(19)25-15/h2-8,12H,9-11H2,1H3,(H,20,23). The van der Waals surface area contributed by atoms with Crippen LogP contribution in [0.2, 0.25) is 4.34 Å². The summed E-state index contributed by atoms with van der Waals surface area (Å²) in [5, 5.41) is 5.79. The van der Waals surface area contributed by atoms with E-state index in [0.717, 1.165) is 32.1 Å². The molecule has 2 heterocycles. The molecule has 3 aromatic rings. The van der Waals surface area contributed by atoms with Crippen molar-refractivity contribution in [1.82, 2.24) is 10.3 Å². The normalized spacial score (nSPS) is 10.6. The van der Waals surface area contributed by atoms with E-state index >= 15 is 0 Å². The third-order valence-corrected chi connectivity index (χ3v) is 5.94. The second-order valence-electron chi connectivity index (χ2n) is 5.53. The molecule has 1 aromatic carbocycles. The summed E-state index contributed by atoms with van der Waals surface area (Å²) in [6.07, 6.45) is 0.296. The van der Waals surface area contributed by atoms with Crippen molar-refractivity contribution in [2.45, 2.75) is 6.42 Å². The molecule has 4 nitrogen and oxygen atoms in total. The van der Waals surface area contributed by atoms with Gasteiger partial charge in [-0.2, -0.15) is 0 Å². The Morgan fingerprint density at radius 1 is 1.24 bits per heavy atom. The molecule has 2 aromatic heterocycles. The lowest BCUT2D eigenvalue weighted by Crippen LogP contribution is -2.33. The van der Waals surface area contributed by atoms with Gasteiger partial charge in [0, 0.05) is 31.2 Å². The van der Waals surface area contributed by atoms with Crippen LogP contribution in [0.1, 0.15) is 5.69 Å². The van der Waals surface area contributed by atoms with Crippen LogP contribution in [0.5, 0.6) is 0 Å². The molecular weight excluding hydrogens is 374 g/mol. The summed E-state index contributed by atoms with van der Waals surface area (Å²) in [6.45, 7) is 1.35. The fraction of sp³-hybridized carbons (Fsp3) is 0.222. The first kappa shape index (κ1) is 17.9. The van der Waals surface area contributed by atoms with Crippen molar-refractivity contribution in [2.75, 3.05) is 25.0 Å². The summed E-state index contributed by atoms with van der Waals surface area (Å²) in [6, 6.07) is 13.9. The Kier molecular flexibility index (Phi) is 6.07. The fourth-order valence-electron chi connectivity index (χ4n) is 2.33. The topological polar surface area (TPSA) is 45.2 Å². The molecular formula is C18H18ClN3OS2. The van der Waals surface area contributed by atoms with Crippen molar-refractivity contribution < 1.29 is 4.79 Å². The average molecular weight is 392 g/mol. The number of amides is 1. The number of carbonyl (C=O) groups excluding carboxylic acids is 1. The van der Waals surface area contributed by atoms with E-state index in [1.54, 1.807) is 0 Å². The predicted molar refractivity (Wildman–Crippen MR) is 107 cm³/mol. The number of thiophene rings is 1. The maximum absolute atomic E-state index is 12.1. The minimum Gasteiger partial charge on any atom is -0.373 e. The Labute approximate surface area is 160 Å². The number of anilines is 1. The summed E-state index contributed by atoms with van der Waals surface area (Å²) in [4.78, 5) is 19.8. The number of halogens is 1. The van der Waals surface area contributed by atoms with Crippen LogP contribution < -0.4 is 10.2 Å². The molecule has 7 heteroatoms. The van der Waals surface area contributed by atoms with Gasteiger partial charge in [-0.05, 0) is 24.3 Å². The van der Waals surface area contributed by atoms with Crippen LogP contribution in [0.15, 0.2) is 47.8 Å². The summed E-state index contributed by atoms with van der Waals surface area (Å²) in [7, 11) is 2.01. The van der Waals surface area contributed by atoms with Gasteiger partial charge in [-0.25, -0.2) is 4.98 Å². The average Bonchev–Trinajstić information content (AvgIpc) is 3.24. The van der Waals surface area contributed by atoms with Gasteiger partial charge in [-0.3, -0.25) is 4.79 Å². The molecule has 0 saturated heterocycles. The highest BCUT2D eigenvalue weighted by atomic mass is 35.5. The number of nitrogens with zero attached hydrogens (tertiary/aromatic N) is 2. The van der Waals surface area contributed by atoms with E-state index in [2.05, 4.69) is 27.3 Å². The molecule has 0 aliphatic carbocycles. The van der Waals surface area contributed by atoms with Crippen LogP contribution in [0.3, 0.4) is 0 Å². The van der Waals surface area contributed by atoms with Gasteiger partial charge in [0.1, 0.15) is 5.01 Å². The molecule has 0 radical (unpaired) electrons. The zero-order chi connectivity index (χ0) is 17.6. The van der Waals surface area contributed by atoms with Crippen molar-refractivity contribution in [3.63, 3.8) is 0 Å². The first-order chi connectivity index (χ1) is 12.1. The zero-order valence-electron chi connectivity index (χ0n) is 13.7. The number of rotatable bonds is 7. The lowest BCUT2D eigenvalue weighted by atomic mass is 10.3. The van der Waals surface area contributed by atoms with Crippen molar-refractivity contribution in [1.29, 1.82) is 0 Å². The van der Waals surface area contributed by atoms with E-state index in [9.17, 15) is 4.79 Å². The first-order valence-corrected chi connectivity index (χ1v) is 9.92. The summed E-state index contributed by atoms with van der Waals surface area (Å²) in [5.74, 6) is -0.0116. The number of aromatic nitrogens is 1. The molecule has 0 aliphatic heterocycles. The number of carbonyl (C=O) groups is 1. The van der Waals surface area contributed by atoms with E-state index in [-0.39, 0.29) is 5.91 Å². The van der Waals surface area contributed by atoms with Crippen LogP contribution in [0.4, 0.5) is 5.69 Å². The highest BCUT2D eigenvalue weighted by molar-refractivity contribution is 7.23. The lowest BCUT2D eigenvalue weighted by molar-refractivity contribution is -0.120. The molecule has 130 valence electrons. The van der Waals surface area contributed by atoms with Crippen molar-refractivity contribution in [3.8, 4) is 9.88 Å². The summed E-state index contributed by atoms with van der Waals surface area (Å²) < 4.78 is 0.743. The van der Waals surface area contributed by atoms with Gasteiger partial charge in [-0.1, -0.05) is 29.8 Å². The fourth-order valence-corrected chi connectivity index (χ4v) is 4.27. The molecule has 0 atom stereocenters. The molecule has 25 heavy (non-hydrogen) atoms. The Morgan fingerprint density at radius 3 is 2.76 bits per heavy atom. The smallest absolute Gasteiger partial charge is 0.226 e. The largest absolute Gasteiger partial charge is 0.373 e. The molecule has 0 spiro atoms. The quantitative estimate of drug-likeness (QED) is 0.652. The van der Waals surface area contributed by atoms with Gasteiger partial charge in [-0.15, -0.1) is 22.7 Å². The first-order valence-electron chi connectivity index (χ1n) is 7.85. The lowest BCUT2D eigenvalue weighted by Gasteiger charge is -2.19. The van der Waals surface area contributed by atoms with E-state index in [1.165, 1.54) is 22.7 Å². The summed E-state index contributed by atoms with van der Waals surface area (Å²) >= 11 is 8.99. The number of thiazole rings is 1. The Hall–Kier alpha value is -1.89. The molecule has 1 amide bonds. The van der Waals surface area contributed by atoms with Crippen molar-refractivity contribution >= 4 is 45.9 Å². The second kappa shape index (κ2) is 8.47. The number of hydrogen-bond acceptors (Lipinski definition) is 5. The monoisotopic (exact) mass is 391 g/mol. The highest BCUT2D eigenvalue weighted by Crippen LogP contribution is 2.32. The van der Waals surface area contributed by atoms with Crippen molar-refractivity contribution in [2.24, 2.45) is 0 Å². The minimum absolute atomic E-state index is 0.0116. The number of para-hydroxylation sites is 1. The maximum atomic E-state index is 12.1. The van der Waals surface area contributed by atoms with E-state index < -0.39 is 0 Å². The van der Waals surface area contributed by atoms with Crippen LogP contribution in [0.25, 0.3) is 9.88 Å². The molecule has 3 rings (SSSR count).